The van der Waals surface area contributed by atoms with Crippen LogP contribution in [0.5, 0.6) is 0 Å². The molecule has 1 unspecified atom stereocenters. The summed E-state index contributed by atoms with van der Waals surface area (Å²) >= 11 is 1.59. The number of carbonyl (C=O) groups is 1. The zero-order valence-corrected chi connectivity index (χ0v) is 10.0. The Morgan fingerprint density at radius 2 is 2.53 bits per heavy atom. The molecule has 0 spiro atoms. The monoisotopic (exact) mass is 230 g/mol. The maximum atomic E-state index is 11.2. The van der Waals surface area contributed by atoms with Crippen LogP contribution >= 0.6 is 11.8 Å². The van der Waals surface area contributed by atoms with Gasteiger partial charge in [0.2, 0.25) is 5.91 Å². The molecule has 1 saturated heterocycles. The summed E-state index contributed by atoms with van der Waals surface area (Å²) in [4.78, 5) is 13.4. The zero-order valence-electron chi connectivity index (χ0n) is 9.23. The third kappa shape index (κ3) is 4.68. The molecule has 1 atom stereocenters. The molecule has 0 aromatic rings. The number of ether oxygens (including phenoxy) is 1. The van der Waals surface area contributed by atoms with E-state index in [-0.39, 0.29) is 12.1 Å². The van der Waals surface area contributed by atoms with Gasteiger partial charge in [-0.15, -0.1) is 11.8 Å². The van der Waals surface area contributed by atoms with Crippen molar-refractivity contribution < 1.29 is 9.53 Å². The van der Waals surface area contributed by atoms with Crippen LogP contribution in [0.2, 0.25) is 0 Å². The second kappa shape index (κ2) is 6.87. The van der Waals surface area contributed by atoms with Gasteiger partial charge in [0, 0.05) is 19.2 Å². The molecule has 1 heterocycles. The number of nitrogens with zero attached hydrogens (tertiary/aromatic N) is 1. The largest absolute Gasteiger partial charge is 0.362 e. The van der Waals surface area contributed by atoms with Crippen molar-refractivity contribution in [3.8, 4) is 0 Å². The van der Waals surface area contributed by atoms with Gasteiger partial charge >= 0.3 is 0 Å². The van der Waals surface area contributed by atoms with Gasteiger partial charge in [-0.05, 0) is 13.2 Å². The minimum absolute atomic E-state index is 0.0304. The molecule has 1 N–H and O–H groups in total. The van der Waals surface area contributed by atoms with E-state index in [1.165, 1.54) is 0 Å². The van der Waals surface area contributed by atoms with E-state index in [1.54, 1.807) is 17.8 Å². The lowest BCUT2D eigenvalue weighted by Gasteiger charge is -2.16. The van der Waals surface area contributed by atoms with Crippen LogP contribution in [0.1, 0.15) is 6.92 Å². The Morgan fingerprint density at radius 3 is 3.13 bits per heavy atom. The predicted octanol–water partition coefficient (Wildman–Crippen LogP) is 0.657. The lowest BCUT2D eigenvalue weighted by atomic mass is 10.4. The van der Waals surface area contributed by atoms with Gasteiger partial charge in [-0.3, -0.25) is 9.69 Å². The number of hydrogen-bond donors (Lipinski definition) is 1. The van der Waals surface area contributed by atoms with E-state index in [2.05, 4.69) is 10.2 Å². The summed E-state index contributed by atoms with van der Waals surface area (Å²) in [6, 6.07) is 0. The third-order valence-electron chi connectivity index (χ3n) is 2.25. The highest BCUT2D eigenvalue weighted by molar-refractivity contribution is 7.98. The van der Waals surface area contributed by atoms with Crippen molar-refractivity contribution in [2.45, 2.75) is 13.2 Å². The van der Waals surface area contributed by atoms with E-state index in [1.807, 2.05) is 19.3 Å². The number of hydrogen-bond acceptors (Lipinski definition) is 4. The van der Waals surface area contributed by atoms with Gasteiger partial charge in [0.25, 0.3) is 0 Å². The van der Waals surface area contributed by atoms with E-state index < -0.39 is 0 Å². The molecule has 1 amide bonds. The van der Waals surface area contributed by atoms with Crippen LogP contribution in [0.25, 0.3) is 0 Å². The molecular formula is C10H18N2O2S. The number of rotatable bonds is 5. The summed E-state index contributed by atoms with van der Waals surface area (Å²) in [5.74, 6) is 0.629. The van der Waals surface area contributed by atoms with Crippen molar-refractivity contribution in [3.05, 3.63) is 12.2 Å². The molecule has 1 rings (SSSR count). The van der Waals surface area contributed by atoms with E-state index in [4.69, 9.17) is 4.74 Å². The minimum Gasteiger partial charge on any atom is -0.362 e. The van der Waals surface area contributed by atoms with Crippen molar-refractivity contribution in [3.63, 3.8) is 0 Å². The van der Waals surface area contributed by atoms with Crippen LogP contribution < -0.4 is 5.32 Å². The Kier molecular flexibility index (Phi) is 5.75. The summed E-state index contributed by atoms with van der Waals surface area (Å²) in [7, 11) is 0. The fourth-order valence-electron chi connectivity index (χ4n) is 1.36. The van der Waals surface area contributed by atoms with E-state index in [0.717, 1.165) is 19.7 Å². The van der Waals surface area contributed by atoms with Gasteiger partial charge in [-0.1, -0.05) is 6.08 Å². The second-order valence-electron chi connectivity index (χ2n) is 3.34. The summed E-state index contributed by atoms with van der Waals surface area (Å²) in [5.41, 5.74) is 0. The molecule has 0 radical (unpaired) electrons. The molecule has 1 fully saturated rings. The molecular weight excluding hydrogens is 212 g/mol. The average Bonchev–Trinajstić information content (AvgIpc) is 2.61. The number of thioether (sulfide) groups is 1. The Labute approximate surface area is 95.0 Å². The summed E-state index contributed by atoms with van der Waals surface area (Å²) in [6.45, 7) is 4.52. The van der Waals surface area contributed by atoms with Crippen LogP contribution in [0.4, 0.5) is 0 Å². The van der Waals surface area contributed by atoms with Gasteiger partial charge in [0.05, 0.1) is 12.5 Å². The Balaban J connectivity index is 2.17. The SMILES string of the molecule is CSCNC(=O)/C=C/CN1CCOC1C. The normalized spacial score (nSPS) is 22.4. The molecule has 0 saturated carbocycles. The van der Waals surface area contributed by atoms with Crippen molar-refractivity contribution in [2.75, 3.05) is 31.8 Å². The highest BCUT2D eigenvalue weighted by Gasteiger charge is 2.18. The van der Waals surface area contributed by atoms with Crippen LogP contribution in [-0.2, 0) is 9.53 Å². The van der Waals surface area contributed by atoms with Crippen LogP contribution in [0.3, 0.4) is 0 Å². The third-order valence-corrected chi connectivity index (χ3v) is 2.68. The molecule has 15 heavy (non-hydrogen) atoms. The highest BCUT2D eigenvalue weighted by atomic mass is 32.2. The molecule has 0 bridgehead atoms. The highest BCUT2D eigenvalue weighted by Crippen LogP contribution is 2.07. The average molecular weight is 230 g/mol. The summed E-state index contributed by atoms with van der Waals surface area (Å²) in [5, 5.41) is 2.76. The first-order valence-electron chi connectivity index (χ1n) is 5.03. The smallest absolute Gasteiger partial charge is 0.244 e. The summed E-state index contributed by atoms with van der Waals surface area (Å²) < 4.78 is 5.38. The minimum atomic E-state index is -0.0304. The quantitative estimate of drug-likeness (QED) is 0.556. The zero-order chi connectivity index (χ0) is 11.1. The van der Waals surface area contributed by atoms with Crippen LogP contribution in [-0.4, -0.2) is 48.9 Å². The molecule has 0 aromatic carbocycles. The lowest BCUT2D eigenvalue weighted by molar-refractivity contribution is -0.116. The Hall–Kier alpha value is -0.520. The van der Waals surface area contributed by atoms with Crippen molar-refractivity contribution >= 4 is 17.7 Å². The lowest BCUT2D eigenvalue weighted by Crippen LogP contribution is -2.28. The van der Waals surface area contributed by atoms with Gasteiger partial charge in [-0.25, -0.2) is 0 Å². The maximum Gasteiger partial charge on any atom is 0.244 e. The first-order chi connectivity index (χ1) is 7.24. The Morgan fingerprint density at radius 1 is 1.73 bits per heavy atom. The molecule has 86 valence electrons. The number of carbonyl (C=O) groups excluding carboxylic acids is 1. The van der Waals surface area contributed by atoms with Crippen molar-refractivity contribution in [2.24, 2.45) is 0 Å². The molecule has 1 aliphatic heterocycles. The van der Waals surface area contributed by atoms with Crippen LogP contribution in [0.15, 0.2) is 12.2 Å². The predicted molar refractivity (Wildman–Crippen MR) is 62.7 cm³/mol. The van der Waals surface area contributed by atoms with E-state index >= 15 is 0 Å². The van der Waals surface area contributed by atoms with Gasteiger partial charge in [0.15, 0.2) is 0 Å². The first-order valence-corrected chi connectivity index (χ1v) is 6.42. The Bertz CT molecular complexity index is 233. The van der Waals surface area contributed by atoms with Crippen molar-refractivity contribution in [1.82, 2.24) is 10.2 Å². The topological polar surface area (TPSA) is 41.6 Å². The standard InChI is InChI=1S/C10H18N2O2S/c1-9-12(6-7-14-9)5-3-4-10(13)11-8-15-2/h3-4,9H,5-8H2,1-2H3,(H,11,13)/b4-3+. The van der Waals surface area contributed by atoms with Crippen LogP contribution in [0, 0.1) is 0 Å². The molecule has 0 aromatic heterocycles. The molecule has 4 nitrogen and oxygen atoms in total. The molecule has 5 heteroatoms. The van der Waals surface area contributed by atoms with Gasteiger partial charge < -0.3 is 10.1 Å². The van der Waals surface area contributed by atoms with Gasteiger partial charge in [0.1, 0.15) is 6.23 Å². The number of amides is 1. The number of nitrogens with one attached hydrogen (secondary N) is 1. The molecule has 0 aliphatic carbocycles. The maximum absolute atomic E-state index is 11.2. The van der Waals surface area contributed by atoms with Gasteiger partial charge in [-0.2, -0.15) is 0 Å². The fourth-order valence-corrected chi connectivity index (χ4v) is 1.65. The van der Waals surface area contributed by atoms with E-state index in [0.29, 0.717) is 5.88 Å². The first kappa shape index (κ1) is 12.5. The summed E-state index contributed by atoms with van der Waals surface area (Å²) in [6.07, 6.45) is 5.58. The molecule has 1 aliphatic rings. The second-order valence-corrected chi connectivity index (χ2v) is 4.21. The van der Waals surface area contributed by atoms with E-state index in [9.17, 15) is 4.79 Å². The van der Waals surface area contributed by atoms with Crippen molar-refractivity contribution in [1.29, 1.82) is 0 Å². The fraction of sp³-hybridized carbons (Fsp3) is 0.700.